The van der Waals surface area contributed by atoms with E-state index in [1.807, 2.05) is 0 Å². The number of amides is 1. The average Bonchev–Trinajstić information content (AvgIpc) is 3.03. The Hall–Kier alpha value is -2.98. The van der Waals surface area contributed by atoms with Crippen LogP contribution in [0.1, 0.15) is 42.3 Å². The highest BCUT2D eigenvalue weighted by Gasteiger charge is 2.34. The van der Waals surface area contributed by atoms with Gasteiger partial charge in [-0.25, -0.2) is 4.79 Å². The van der Waals surface area contributed by atoms with Gasteiger partial charge in [-0.2, -0.15) is 0 Å². The largest absolute Gasteiger partial charge is 0.573 e. The Morgan fingerprint density at radius 1 is 1.11 bits per heavy atom. The molecule has 1 amide bonds. The Labute approximate surface area is 208 Å². The second-order valence-electron chi connectivity index (χ2n) is 8.91. The zero-order chi connectivity index (χ0) is 26.1. The lowest BCUT2D eigenvalue weighted by atomic mass is 9.86. The molecule has 1 atom stereocenters. The Morgan fingerprint density at radius 3 is 2.29 bits per heavy atom. The number of carbonyl (C=O) groups excluding carboxylic acids is 1. The lowest BCUT2D eigenvalue weighted by Crippen LogP contribution is -2.49. The van der Waals surface area contributed by atoms with Crippen molar-refractivity contribution < 1.29 is 37.3 Å². The second-order valence-corrected chi connectivity index (χ2v) is 10.6. The molecule has 0 bridgehead atoms. The quantitative estimate of drug-likeness (QED) is 0.361. The van der Waals surface area contributed by atoms with Crippen LogP contribution in [0.15, 0.2) is 36.4 Å². The Balaban J connectivity index is 1.95. The summed E-state index contributed by atoms with van der Waals surface area (Å²) in [5.41, 5.74) is 0.576. The number of carbonyl (C=O) groups is 2. The predicted molar refractivity (Wildman–Crippen MR) is 127 cm³/mol. The SMILES string of the molecule is Cc1c(Cl)sc2ccc(C(=O)N[C@H](C(=O)O)C(C)(C)C)c(OCc3ccc(OC(F)(F)F)cc3)c12. The number of benzene rings is 2. The number of hydrogen-bond donors (Lipinski definition) is 2. The minimum atomic E-state index is -4.80. The Morgan fingerprint density at radius 2 is 1.74 bits per heavy atom. The zero-order valence-corrected chi connectivity index (χ0v) is 20.8. The van der Waals surface area contributed by atoms with E-state index in [2.05, 4.69) is 10.1 Å². The molecule has 0 saturated heterocycles. The normalized spacial score (nSPS) is 12.9. The summed E-state index contributed by atoms with van der Waals surface area (Å²) in [5, 5.41) is 12.8. The number of halogens is 4. The number of aryl methyl sites for hydroxylation is 1. The number of carboxylic acid groups (broad SMARTS) is 1. The molecular weight excluding hydrogens is 507 g/mol. The van der Waals surface area contributed by atoms with Gasteiger partial charge < -0.3 is 19.9 Å². The van der Waals surface area contributed by atoms with Gasteiger partial charge in [0.1, 0.15) is 24.1 Å². The van der Waals surface area contributed by atoms with Crippen molar-refractivity contribution in [1.82, 2.24) is 5.32 Å². The smallest absolute Gasteiger partial charge is 0.487 e. The number of ether oxygens (including phenoxy) is 2. The third kappa shape index (κ3) is 6.37. The monoisotopic (exact) mass is 529 g/mol. The van der Waals surface area contributed by atoms with E-state index in [1.165, 1.54) is 29.5 Å². The number of carboxylic acids is 1. The zero-order valence-electron chi connectivity index (χ0n) is 19.2. The van der Waals surface area contributed by atoms with Crippen molar-refractivity contribution in [3.8, 4) is 11.5 Å². The van der Waals surface area contributed by atoms with Crippen molar-refractivity contribution in [3.63, 3.8) is 0 Å². The highest BCUT2D eigenvalue weighted by atomic mass is 35.5. The van der Waals surface area contributed by atoms with Crippen LogP contribution in [0.2, 0.25) is 4.34 Å². The summed E-state index contributed by atoms with van der Waals surface area (Å²) in [5.74, 6) is -1.98. The van der Waals surface area contributed by atoms with E-state index in [0.29, 0.717) is 20.8 Å². The third-order valence-corrected chi connectivity index (χ3v) is 6.72. The minimum absolute atomic E-state index is 0.0692. The molecular formula is C24H23ClF3NO5S. The number of hydrogen-bond acceptors (Lipinski definition) is 5. The predicted octanol–water partition coefficient (Wildman–Crippen LogP) is 6.57. The highest BCUT2D eigenvalue weighted by molar-refractivity contribution is 7.23. The maximum atomic E-state index is 13.2. The molecule has 0 saturated carbocycles. The number of thiophene rings is 1. The summed E-state index contributed by atoms with van der Waals surface area (Å²) in [4.78, 5) is 24.9. The molecule has 0 radical (unpaired) electrons. The minimum Gasteiger partial charge on any atom is -0.487 e. The summed E-state index contributed by atoms with van der Waals surface area (Å²) in [6, 6.07) is 7.22. The van der Waals surface area contributed by atoms with Gasteiger partial charge in [-0.05, 0) is 47.7 Å². The van der Waals surface area contributed by atoms with E-state index < -0.39 is 29.7 Å². The number of aliphatic carboxylic acids is 1. The molecule has 0 aliphatic carbocycles. The van der Waals surface area contributed by atoms with Crippen LogP contribution in [0.4, 0.5) is 13.2 Å². The van der Waals surface area contributed by atoms with Gasteiger partial charge in [0, 0.05) is 10.1 Å². The lowest BCUT2D eigenvalue weighted by molar-refractivity contribution is -0.274. The molecule has 35 heavy (non-hydrogen) atoms. The molecule has 3 aromatic rings. The lowest BCUT2D eigenvalue weighted by Gasteiger charge is -2.28. The molecule has 0 aliphatic rings. The first-order valence-electron chi connectivity index (χ1n) is 10.4. The van der Waals surface area contributed by atoms with Crippen molar-refractivity contribution in [3.05, 3.63) is 57.4 Å². The first-order chi connectivity index (χ1) is 16.2. The van der Waals surface area contributed by atoms with Gasteiger partial charge >= 0.3 is 12.3 Å². The molecule has 1 aromatic heterocycles. The fourth-order valence-corrected chi connectivity index (χ4v) is 4.68. The fourth-order valence-electron chi connectivity index (χ4n) is 3.41. The van der Waals surface area contributed by atoms with E-state index in [0.717, 1.165) is 16.8 Å². The van der Waals surface area contributed by atoms with Gasteiger partial charge in [-0.15, -0.1) is 24.5 Å². The van der Waals surface area contributed by atoms with Crippen LogP contribution in [0.3, 0.4) is 0 Å². The van der Waals surface area contributed by atoms with Gasteiger partial charge in [0.05, 0.1) is 9.90 Å². The summed E-state index contributed by atoms with van der Waals surface area (Å²) >= 11 is 7.61. The average molecular weight is 530 g/mol. The second kappa shape index (κ2) is 9.94. The number of fused-ring (bicyclic) bond motifs is 1. The van der Waals surface area contributed by atoms with Crippen LogP contribution in [0, 0.1) is 12.3 Å². The highest BCUT2D eigenvalue weighted by Crippen LogP contribution is 2.42. The van der Waals surface area contributed by atoms with E-state index in [9.17, 15) is 27.9 Å². The first-order valence-corrected chi connectivity index (χ1v) is 11.6. The molecule has 188 valence electrons. The maximum absolute atomic E-state index is 13.2. The molecule has 0 unspecified atom stereocenters. The van der Waals surface area contributed by atoms with Crippen molar-refractivity contribution in [2.45, 2.75) is 46.7 Å². The van der Waals surface area contributed by atoms with Gasteiger partial charge in [-0.1, -0.05) is 44.5 Å². The summed E-state index contributed by atoms with van der Waals surface area (Å²) in [6.07, 6.45) is -4.80. The van der Waals surface area contributed by atoms with Crippen LogP contribution in [-0.2, 0) is 11.4 Å². The molecule has 2 aromatic carbocycles. The van der Waals surface area contributed by atoms with Crippen LogP contribution in [-0.4, -0.2) is 29.4 Å². The van der Waals surface area contributed by atoms with Crippen molar-refractivity contribution in [2.75, 3.05) is 0 Å². The molecule has 6 nitrogen and oxygen atoms in total. The molecule has 0 fully saturated rings. The van der Waals surface area contributed by atoms with Gasteiger partial charge in [0.15, 0.2) is 0 Å². The van der Waals surface area contributed by atoms with Crippen molar-refractivity contribution >= 4 is 44.9 Å². The molecule has 0 aliphatic heterocycles. The Kier molecular flexibility index (Phi) is 7.56. The standard InChI is InChI=1S/C24H23ClF3NO5S/c1-12-17-16(35-20(12)25)10-9-15(21(30)29-19(22(31)32)23(2,3)4)18(17)33-11-13-5-7-14(8-6-13)34-24(26,27)28/h5-10,19H,11H2,1-4H3,(H,29,30)(H,31,32)/t19-/m1/s1. The van der Waals surface area contributed by atoms with E-state index in [4.69, 9.17) is 16.3 Å². The number of alkyl halides is 3. The third-order valence-electron chi connectivity index (χ3n) is 5.16. The number of rotatable bonds is 7. The molecule has 11 heteroatoms. The van der Waals surface area contributed by atoms with Crippen LogP contribution >= 0.6 is 22.9 Å². The molecule has 1 heterocycles. The van der Waals surface area contributed by atoms with Gasteiger partial charge in [-0.3, -0.25) is 4.79 Å². The number of nitrogens with one attached hydrogen (secondary N) is 1. The van der Waals surface area contributed by atoms with E-state index in [1.54, 1.807) is 33.8 Å². The molecule has 0 spiro atoms. The summed E-state index contributed by atoms with van der Waals surface area (Å²) in [7, 11) is 0. The summed E-state index contributed by atoms with van der Waals surface area (Å²) in [6.45, 7) is 6.79. The van der Waals surface area contributed by atoms with Crippen molar-refractivity contribution in [2.24, 2.45) is 5.41 Å². The Bertz CT molecular complexity index is 1250. The summed E-state index contributed by atoms with van der Waals surface area (Å²) < 4.78 is 48.3. The van der Waals surface area contributed by atoms with Crippen molar-refractivity contribution in [1.29, 1.82) is 0 Å². The van der Waals surface area contributed by atoms with Gasteiger partial charge in [0.25, 0.3) is 5.91 Å². The van der Waals surface area contributed by atoms with Crippen LogP contribution < -0.4 is 14.8 Å². The van der Waals surface area contributed by atoms with Crippen LogP contribution in [0.5, 0.6) is 11.5 Å². The molecule has 2 N–H and O–H groups in total. The molecule has 3 rings (SSSR count). The fraction of sp³-hybridized carbons (Fsp3) is 0.333. The maximum Gasteiger partial charge on any atom is 0.573 e. The first kappa shape index (κ1) is 26.6. The van der Waals surface area contributed by atoms with Gasteiger partial charge in [0.2, 0.25) is 0 Å². The van der Waals surface area contributed by atoms with E-state index in [-0.39, 0.29) is 23.7 Å². The topological polar surface area (TPSA) is 84.9 Å². The van der Waals surface area contributed by atoms with E-state index >= 15 is 0 Å². The van der Waals surface area contributed by atoms with Crippen LogP contribution in [0.25, 0.3) is 10.1 Å².